The zero-order valence-electron chi connectivity index (χ0n) is 20.0. The highest BCUT2D eigenvalue weighted by Crippen LogP contribution is 2.15. The van der Waals surface area contributed by atoms with Crippen LogP contribution in [0.25, 0.3) is 6.08 Å². The lowest BCUT2D eigenvalue weighted by molar-refractivity contribution is -0.134. The van der Waals surface area contributed by atoms with Crippen LogP contribution in [-0.4, -0.2) is 44.6 Å². The highest BCUT2D eigenvalue weighted by atomic mass is 32.1. The molecule has 0 aliphatic carbocycles. The first-order valence-electron chi connectivity index (χ1n) is 11.2. The van der Waals surface area contributed by atoms with Crippen LogP contribution in [0.15, 0.2) is 46.8 Å². The number of thiazole rings is 2. The predicted octanol–water partition coefficient (Wildman–Crippen LogP) is 4.96. The summed E-state index contributed by atoms with van der Waals surface area (Å²) in [5, 5.41) is 16.5. The lowest BCUT2D eigenvalue weighted by atomic mass is 10.1. The minimum absolute atomic E-state index is 0.0321. The topological polar surface area (TPSA) is 105 Å². The quantitative estimate of drug-likeness (QED) is 0.351. The van der Waals surface area contributed by atoms with Crippen LogP contribution >= 0.6 is 22.7 Å². The third kappa shape index (κ3) is 8.48. The van der Waals surface area contributed by atoms with Crippen molar-refractivity contribution in [1.82, 2.24) is 20.2 Å². The van der Waals surface area contributed by atoms with E-state index >= 15 is 0 Å². The molecule has 1 aromatic carbocycles. The van der Waals surface area contributed by atoms with E-state index in [-0.39, 0.29) is 24.9 Å². The van der Waals surface area contributed by atoms with Gasteiger partial charge < -0.3 is 20.1 Å². The van der Waals surface area contributed by atoms with Gasteiger partial charge in [-0.15, -0.1) is 22.7 Å². The first-order chi connectivity index (χ1) is 16.8. The lowest BCUT2D eigenvalue weighted by Gasteiger charge is -2.28. The van der Waals surface area contributed by atoms with Crippen LogP contribution in [0.5, 0.6) is 0 Å². The summed E-state index contributed by atoms with van der Waals surface area (Å²) >= 11 is 2.98. The van der Waals surface area contributed by atoms with E-state index in [1.54, 1.807) is 33.9 Å². The van der Waals surface area contributed by atoms with E-state index in [1.165, 1.54) is 11.3 Å². The Morgan fingerprint density at radius 1 is 1.26 bits per heavy atom. The number of ether oxygens (including phenoxy) is 1. The number of aromatic nitrogens is 2. The van der Waals surface area contributed by atoms with E-state index in [0.717, 1.165) is 33.8 Å². The fourth-order valence-electron chi connectivity index (χ4n) is 3.52. The number of alkyl carbamates (subject to hydrolysis) is 1. The number of nitrogens with one attached hydrogen (secondary N) is 1. The molecule has 0 saturated carbocycles. The molecular weight excluding hydrogens is 484 g/mol. The Kier molecular flexibility index (Phi) is 9.80. The van der Waals surface area contributed by atoms with Gasteiger partial charge in [0.15, 0.2) is 0 Å². The number of benzene rings is 1. The second kappa shape index (κ2) is 13.0. The van der Waals surface area contributed by atoms with Crippen molar-refractivity contribution >= 4 is 40.8 Å². The van der Waals surface area contributed by atoms with Gasteiger partial charge in [-0.2, -0.15) is 0 Å². The SMILES string of the molecule is Cc1nc(CN(CC(C)C)C(=O)[C@H](Cc2cscn2)NC(=O)OCc2cccc(/C=C\O)c2)cs1. The Morgan fingerprint density at radius 3 is 2.74 bits per heavy atom. The van der Waals surface area contributed by atoms with Gasteiger partial charge in [0.05, 0.1) is 34.7 Å². The zero-order chi connectivity index (χ0) is 25.2. The number of amides is 2. The molecule has 35 heavy (non-hydrogen) atoms. The Balaban J connectivity index is 1.71. The molecular formula is C25H30N4O4S2. The van der Waals surface area contributed by atoms with Crippen molar-refractivity contribution in [3.63, 3.8) is 0 Å². The Hall–Kier alpha value is -3.24. The normalized spacial score (nSPS) is 12.1. The van der Waals surface area contributed by atoms with Crippen molar-refractivity contribution in [3.8, 4) is 0 Å². The third-order valence-electron chi connectivity index (χ3n) is 4.99. The fourth-order valence-corrected chi connectivity index (χ4v) is 4.70. The molecule has 186 valence electrons. The van der Waals surface area contributed by atoms with Gasteiger partial charge in [-0.05, 0) is 36.1 Å². The van der Waals surface area contributed by atoms with Crippen molar-refractivity contribution in [1.29, 1.82) is 0 Å². The molecule has 2 heterocycles. The number of hydrogen-bond donors (Lipinski definition) is 2. The Bertz CT molecular complexity index is 1130. The van der Waals surface area contributed by atoms with Gasteiger partial charge in [-0.1, -0.05) is 32.0 Å². The summed E-state index contributed by atoms with van der Waals surface area (Å²) in [6.07, 6.45) is 2.07. The molecule has 0 aliphatic rings. The summed E-state index contributed by atoms with van der Waals surface area (Å²) in [6.45, 7) is 6.96. The molecule has 3 aromatic rings. The van der Waals surface area contributed by atoms with Crippen molar-refractivity contribution in [2.24, 2.45) is 5.92 Å². The molecule has 0 spiro atoms. The smallest absolute Gasteiger partial charge is 0.408 e. The van der Waals surface area contributed by atoms with Gasteiger partial charge >= 0.3 is 6.09 Å². The fraction of sp³-hybridized carbons (Fsp3) is 0.360. The highest BCUT2D eigenvalue weighted by Gasteiger charge is 2.28. The maximum absolute atomic E-state index is 13.6. The minimum Gasteiger partial charge on any atom is -0.516 e. The van der Waals surface area contributed by atoms with Gasteiger partial charge in [0.25, 0.3) is 0 Å². The molecule has 0 aliphatic heterocycles. The summed E-state index contributed by atoms with van der Waals surface area (Å²) in [4.78, 5) is 36.8. The van der Waals surface area contributed by atoms with Crippen LogP contribution in [-0.2, 0) is 29.1 Å². The maximum Gasteiger partial charge on any atom is 0.408 e. The first-order valence-corrected chi connectivity index (χ1v) is 13.1. The predicted molar refractivity (Wildman–Crippen MR) is 138 cm³/mol. The average Bonchev–Trinajstić information content (AvgIpc) is 3.48. The molecule has 0 unspecified atom stereocenters. The largest absolute Gasteiger partial charge is 0.516 e. The van der Waals surface area contributed by atoms with Gasteiger partial charge in [0.2, 0.25) is 5.91 Å². The number of rotatable bonds is 11. The second-order valence-electron chi connectivity index (χ2n) is 8.49. The summed E-state index contributed by atoms with van der Waals surface area (Å²) in [5.74, 6) is 0.0372. The van der Waals surface area contributed by atoms with Crippen LogP contribution in [0.4, 0.5) is 4.79 Å². The molecule has 8 nitrogen and oxygen atoms in total. The molecule has 0 fully saturated rings. The summed E-state index contributed by atoms with van der Waals surface area (Å²) in [5.41, 5.74) is 4.80. The molecule has 10 heteroatoms. The van der Waals surface area contributed by atoms with Crippen molar-refractivity contribution in [2.75, 3.05) is 6.54 Å². The minimum atomic E-state index is -0.827. The molecule has 2 aromatic heterocycles. The molecule has 2 amide bonds. The number of aliphatic hydroxyl groups is 1. The van der Waals surface area contributed by atoms with Crippen LogP contribution in [0.2, 0.25) is 0 Å². The van der Waals surface area contributed by atoms with Crippen molar-refractivity contribution in [2.45, 2.75) is 46.4 Å². The second-order valence-corrected chi connectivity index (χ2v) is 10.3. The molecule has 2 N–H and O–H groups in total. The van der Waals surface area contributed by atoms with E-state index in [2.05, 4.69) is 15.3 Å². The lowest BCUT2D eigenvalue weighted by Crippen LogP contribution is -2.50. The number of aliphatic hydroxyl groups excluding tert-OH is 1. The summed E-state index contributed by atoms with van der Waals surface area (Å²) < 4.78 is 5.41. The standard InChI is InChI=1S/C25H30N4O4S2/c1-17(2)11-29(12-22-15-35-18(3)27-22)24(31)23(10-21-14-34-16-26-21)28-25(32)33-13-20-6-4-5-19(9-20)7-8-30/h4-9,14-17,23,30H,10-13H2,1-3H3,(H,28,32)/b8-7-/t23-/m0/s1. The van der Waals surface area contributed by atoms with Crippen LogP contribution in [0.1, 0.15) is 41.4 Å². The molecule has 0 saturated heterocycles. The molecule has 1 atom stereocenters. The highest BCUT2D eigenvalue weighted by molar-refractivity contribution is 7.09. The number of carbonyl (C=O) groups is 2. The number of carbonyl (C=O) groups excluding carboxylic acids is 2. The van der Waals surface area contributed by atoms with E-state index in [4.69, 9.17) is 9.84 Å². The zero-order valence-corrected chi connectivity index (χ0v) is 21.6. The van der Waals surface area contributed by atoms with Crippen molar-refractivity contribution < 1.29 is 19.4 Å². The van der Waals surface area contributed by atoms with Crippen LogP contribution in [0.3, 0.4) is 0 Å². The van der Waals surface area contributed by atoms with Crippen molar-refractivity contribution in [3.05, 3.63) is 74.3 Å². The summed E-state index contributed by atoms with van der Waals surface area (Å²) in [7, 11) is 0. The van der Waals surface area contributed by atoms with Gasteiger partial charge in [0, 0.05) is 23.7 Å². The van der Waals surface area contributed by atoms with E-state index in [1.807, 2.05) is 49.7 Å². The molecule has 3 rings (SSSR count). The van der Waals surface area contributed by atoms with Gasteiger partial charge in [0.1, 0.15) is 12.6 Å². The van der Waals surface area contributed by atoms with E-state index in [0.29, 0.717) is 13.1 Å². The van der Waals surface area contributed by atoms with Gasteiger partial charge in [-0.25, -0.2) is 14.8 Å². The monoisotopic (exact) mass is 514 g/mol. The number of hydrogen-bond acceptors (Lipinski definition) is 8. The van der Waals surface area contributed by atoms with E-state index < -0.39 is 12.1 Å². The maximum atomic E-state index is 13.6. The van der Waals surface area contributed by atoms with E-state index in [9.17, 15) is 9.59 Å². The van der Waals surface area contributed by atoms with Crippen LogP contribution < -0.4 is 5.32 Å². The third-order valence-corrected chi connectivity index (χ3v) is 6.45. The number of aryl methyl sites for hydroxylation is 1. The molecule has 0 bridgehead atoms. The Labute approximate surface area is 213 Å². The average molecular weight is 515 g/mol. The molecule has 0 radical (unpaired) electrons. The number of nitrogens with zero attached hydrogens (tertiary/aromatic N) is 3. The van der Waals surface area contributed by atoms with Gasteiger partial charge in [-0.3, -0.25) is 4.79 Å². The van der Waals surface area contributed by atoms with Crippen LogP contribution in [0, 0.1) is 12.8 Å². The Morgan fingerprint density at radius 2 is 2.09 bits per heavy atom. The first kappa shape index (κ1) is 26.4. The summed E-state index contributed by atoms with van der Waals surface area (Å²) in [6, 6.07) is 6.43.